The zero-order valence-corrected chi connectivity index (χ0v) is 12.1. The standard InChI is InChI=1S/C12H10ClF3N2O2S/c13-9-3-6-11(17-7-9)18-21(19,20)10-4-1-8(2-5-10)12(14,15)16/h1-2,4-5,7H,3,6H2,(H,17,18). The molecule has 0 bridgehead atoms. The molecular weight excluding hydrogens is 329 g/mol. The first kappa shape index (κ1) is 15.8. The van der Waals surface area contributed by atoms with Gasteiger partial charge < -0.3 is 5.32 Å². The minimum Gasteiger partial charge on any atom is -0.348 e. The van der Waals surface area contributed by atoms with E-state index in [1.165, 1.54) is 6.20 Å². The molecule has 0 saturated carbocycles. The highest BCUT2D eigenvalue weighted by Gasteiger charge is 2.30. The third kappa shape index (κ3) is 3.98. The Morgan fingerprint density at radius 1 is 1.14 bits per heavy atom. The molecule has 1 N–H and O–H groups in total. The number of hydrogen-bond acceptors (Lipinski definition) is 2. The van der Waals surface area contributed by atoms with Crippen LogP contribution in [0.5, 0.6) is 0 Å². The van der Waals surface area contributed by atoms with Gasteiger partial charge >= 0.3 is 6.18 Å². The highest BCUT2D eigenvalue weighted by molar-refractivity contribution is 7.90. The number of nitrogens with zero attached hydrogens (tertiary/aromatic N) is 1. The highest BCUT2D eigenvalue weighted by Crippen LogP contribution is 2.30. The maximum atomic E-state index is 12.4. The van der Waals surface area contributed by atoms with Crippen molar-refractivity contribution >= 4 is 27.5 Å². The summed E-state index contributed by atoms with van der Waals surface area (Å²) >= 11 is 5.72. The van der Waals surface area contributed by atoms with Crippen molar-refractivity contribution in [3.05, 3.63) is 41.1 Å². The molecule has 114 valence electrons. The minimum atomic E-state index is -4.51. The molecular formula is C12H10ClF3N2O2S. The van der Waals surface area contributed by atoms with Crippen molar-refractivity contribution in [1.29, 1.82) is 0 Å². The van der Waals surface area contributed by atoms with Crippen LogP contribution < -0.4 is 5.32 Å². The number of benzene rings is 1. The Kier molecular flexibility index (Phi) is 4.29. The summed E-state index contributed by atoms with van der Waals surface area (Å²) in [6.45, 7) is 0. The largest absolute Gasteiger partial charge is 0.416 e. The lowest BCUT2D eigenvalue weighted by atomic mass is 10.2. The number of amidine groups is 1. The van der Waals surface area contributed by atoms with E-state index in [9.17, 15) is 21.6 Å². The molecule has 1 aliphatic heterocycles. The fraction of sp³-hybridized carbons (Fsp3) is 0.250. The van der Waals surface area contributed by atoms with Gasteiger partial charge in [0.05, 0.1) is 10.5 Å². The van der Waals surface area contributed by atoms with E-state index in [-0.39, 0.29) is 10.7 Å². The van der Waals surface area contributed by atoms with Gasteiger partial charge in [0.2, 0.25) is 0 Å². The van der Waals surface area contributed by atoms with E-state index in [1.807, 2.05) is 0 Å². The number of alkyl halides is 3. The molecule has 4 nitrogen and oxygen atoms in total. The first-order valence-electron chi connectivity index (χ1n) is 5.81. The summed E-state index contributed by atoms with van der Waals surface area (Å²) in [6.07, 6.45) is -2.32. The summed E-state index contributed by atoms with van der Waals surface area (Å²) in [7, 11) is -4.05. The molecule has 0 radical (unpaired) electrons. The van der Waals surface area contributed by atoms with Crippen LogP contribution in [0.15, 0.2) is 44.8 Å². The van der Waals surface area contributed by atoms with Crippen molar-refractivity contribution < 1.29 is 21.6 Å². The van der Waals surface area contributed by atoms with Crippen LogP contribution >= 0.6 is 11.6 Å². The summed E-state index contributed by atoms with van der Waals surface area (Å²) in [5.41, 5.74) is -0.917. The average Bonchev–Trinajstić information content (AvgIpc) is 2.40. The molecule has 0 fully saturated rings. The zero-order chi connectivity index (χ0) is 15.7. The molecule has 0 amide bonds. The average molecular weight is 339 g/mol. The molecule has 0 aliphatic carbocycles. The molecule has 0 spiro atoms. The smallest absolute Gasteiger partial charge is 0.348 e. The maximum absolute atomic E-state index is 12.4. The Hall–Kier alpha value is -1.54. The Balaban J connectivity index is 2.26. The lowest BCUT2D eigenvalue weighted by molar-refractivity contribution is -0.137. The van der Waals surface area contributed by atoms with Crippen molar-refractivity contribution in [2.24, 2.45) is 4.40 Å². The van der Waals surface area contributed by atoms with Gasteiger partial charge in [-0.05, 0) is 30.7 Å². The highest BCUT2D eigenvalue weighted by atomic mass is 35.5. The Morgan fingerprint density at radius 2 is 1.76 bits per heavy atom. The molecule has 0 unspecified atom stereocenters. The number of hydrogen-bond donors (Lipinski definition) is 1. The summed E-state index contributed by atoms with van der Waals surface area (Å²) in [5, 5.41) is 3.17. The topological polar surface area (TPSA) is 58.5 Å². The predicted octanol–water partition coefficient (Wildman–Crippen LogP) is 3.26. The first-order valence-corrected chi connectivity index (χ1v) is 7.62. The quantitative estimate of drug-likeness (QED) is 0.900. The molecule has 2 rings (SSSR count). The number of halogens is 4. The molecule has 0 aromatic heterocycles. The van der Waals surface area contributed by atoms with Crippen LogP contribution in [0.1, 0.15) is 18.4 Å². The third-order valence-corrected chi connectivity index (χ3v) is 4.33. The van der Waals surface area contributed by atoms with Crippen molar-refractivity contribution in [3.63, 3.8) is 0 Å². The molecule has 0 atom stereocenters. The molecule has 1 aliphatic rings. The SMILES string of the molecule is O=S(=O)(N=C1CCC(Cl)=CN1)c1ccc(C(F)(F)F)cc1. The summed E-state index contributed by atoms with van der Waals surface area (Å²) in [5.74, 6) is 0.194. The number of allylic oxidation sites excluding steroid dienone is 1. The number of rotatable bonds is 2. The fourth-order valence-electron chi connectivity index (χ4n) is 1.63. The van der Waals surface area contributed by atoms with Gasteiger partial charge in [-0.2, -0.15) is 21.6 Å². The van der Waals surface area contributed by atoms with E-state index >= 15 is 0 Å². The summed E-state index contributed by atoms with van der Waals surface area (Å²) < 4.78 is 64.8. The van der Waals surface area contributed by atoms with E-state index in [2.05, 4.69) is 9.71 Å². The van der Waals surface area contributed by atoms with Crippen molar-refractivity contribution in [3.8, 4) is 0 Å². The van der Waals surface area contributed by atoms with E-state index in [0.29, 0.717) is 30.0 Å². The van der Waals surface area contributed by atoms with Crippen LogP contribution in [0.25, 0.3) is 0 Å². The Morgan fingerprint density at radius 3 is 2.24 bits per heavy atom. The Bertz CT molecular complexity index is 694. The van der Waals surface area contributed by atoms with E-state index in [4.69, 9.17) is 11.6 Å². The normalized spacial score (nSPS) is 18.3. The predicted molar refractivity (Wildman–Crippen MR) is 72.4 cm³/mol. The van der Waals surface area contributed by atoms with E-state index < -0.39 is 21.8 Å². The summed E-state index contributed by atoms with van der Waals surface area (Å²) in [4.78, 5) is -0.301. The third-order valence-electron chi connectivity index (χ3n) is 2.71. The zero-order valence-electron chi connectivity index (χ0n) is 10.5. The van der Waals surface area contributed by atoms with E-state index in [0.717, 1.165) is 12.1 Å². The van der Waals surface area contributed by atoms with Crippen LogP contribution in [-0.2, 0) is 16.2 Å². The van der Waals surface area contributed by atoms with Gasteiger partial charge in [-0.15, -0.1) is 4.40 Å². The van der Waals surface area contributed by atoms with Crippen LogP contribution in [-0.4, -0.2) is 14.3 Å². The molecule has 1 heterocycles. The molecule has 9 heteroatoms. The minimum absolute atomic E-state index is 0.194. The van der Waals surface area contributed by atoms with Crippen molar-refractivity contribution in [1.82, 2.24) is 5.32 Å². The second-order valence-electron chi connectivity index (χ2n) is 4.27. The molecule has 1 aromatic rings. The van der Waals surface area contributed by atoms with Gasteiger partial charge in [-0.25, -0.2) is 0 Å². The second kappa shape index (κ2) is 5.69. The van der Waals surface area contributed by atoms with Crippen LogP contribution in [0.3, 0.4) is 0 Å². The molecule has 0 saturated heterocycles. The monoisotopic (exact) mass is 338 g/mol. The van der Waals surface area contributed by atoms with Crippen LogP contribution in [0, 0.1) is 0 Å². The number of nitrogens with one attached hydrogen (secondary N) is 1. The second-order valence-corrected chi connectivity index (χ2v) is 6.36. The van der Waals surface area contributed by atoms with Gasteiger partial charge in [-0.3, -0.25) is 0 Å². The van der Waals surface area contributed by atoms with Crippen LogP contribution in [0.2, 0.25) is 0 Å². The van der Waals surface area contributed by atoms with Gasteiger partial charge in [-0.1, -0.05) is 11.6 Å². The summed E-state index contributed by atoms with van der Waals surface area (Å²) in [6, 6.07) is 3.18. The maximum Gasteiger partial charge on any atom is 0.416 e. The lowest BCUT2D eigenvalue weighted by Crippen LogP contribution is -2.23. The van der Waals surface area contributed by atoms with Gasteiger partial charge in [0.15, 0.2) is 0 Å². The first-order chi connectivity index (χ1) is 9.68. The fourth-order valence-corrected chi connectivity index (χ4v) is 2.80. The van der Waals surface area contributed by atoms with E-state index in [1.54, 1.807) is 0 Å². The molecule has 21 heavy (non-hydrogen) atoms. The Labute approximate surface area is 124 Å². The van der Waals surface area contributed by atoms with Crippen molar-refractivity contribution in [2.75, 3.05) is 0 Å². The van der Waals surface area contributed by atoms with Crippen LogP contribution in [0.4, 0.5) is 13.2 Å². The number of sulfonamides is 1. The molecule has 1 aromatic carbocycles. The van der Waals surface area contributed by atoms with Crippen molar-refractivity contribution in [2.45, 2.75) is 23.9 Å². The van der Waals surface area contributed by atoms with Gasteiger partial charge in [0.1, 0.15) is 5.84 Å². The van der Waals surface area contributed by atoms with Gasteiger partial charge in [0, 0.05) is 17.7 Å². The lowest BCUT2D eigenvalue weighted by Gasteiger charge is -2.12. The van der Waals surface area contributed by atoms with Gasteiger partial charge in [0.25, 0.3) is 10.0 Å².